The molecule has 0 atom stereocenters. The molecular weight excluding hydrogens is 314 g/mol. The number of ether oxygens (including phenoxy) is 1. The molecule has 0 aliphatic carbocycles. The van der Waals surface area contributed by atoms with Crippen LogP contribution in [0.15, 0.2) is 17.0 Å². The lowest BCUT2D eigenvalue weighted by molar-refractivity contribution is 0.162. The minimum atomic E-state index is -3.58. The SMILES string of the molecule is COCCN(C)CCNS(=O)(=O)c1cc(C)c(Cl)c(N)c1. The summed E-state index contributed by atoms with van der Waals surface area (Å²) in [6.45, 7) is 3.96. The van der Waals surface area contributed by atoms with Crippen LogP contribution in [0.25, 0.3) is 0 Å². The highest BCUT2D eigenvalue weighted by Gasteiger charge is 2.16. The molecule has 0 spiro atoms. The molecule has 0 amide bonds. The molecule has 1 aromatic carbocycles. The van der Waals surface area contributed by atoms with Crippen molar-refractivity contribution in [1.82, 2.24) is 9.62 Å². The Labute approximate surface area is 131 Å². The number of benzene rings is 1. The van der Waals surface area contributed by atoms with Crippen LogP contribution < -0.4 is 10.5 Å². The summed E-state index contributed by atoms with van der Waals surface area (Å²) in [5, 5.41) is 0.383. The van der Waals surface area contributed by atoms with Crippen LogP contribution in [0.3, 0.4) is 0 Å². The van der Waals surface area contributed by atoms with Gasteiger partial charge < -0.3 is 15.4 Å². The molecule has 0 aromatic heterocycles. The zero-order valence-corrected chi connectivity index (χ0v) is 14.1. The van der Waals surface area contributed by atoms with Gasteiger partial charge in [0, 0.05) is 26.7 Å². The Hall–Kier alpha value is -0.860. The first-order valence-corrected chi connectivity index (χ1v) is 8.37. The molecule has 1 rings (SSSR count). The summed E-state index contributed by atoms with van der Waals surface area (Å²) in [7, 11) is -0.0554. The maximum atomic E-state index is 12.2. The lowest BCUT2D eigenvalue weighted by atomic mass is 10.2. The van der Waals surface area contributed by atoms with E-state index < -0.39 is 10.0 Å². The van der Waals surface area contributed by atoms with Gasteiger partial charge in [-0.15, -0.1) is 0 Å². The Kier molecular flexibility index (Phi) is 6.89. The summed E-state index contributed by atoms with van der Waals surface area (Å²) in [4.78, 5) is 2.11. The van der Waals surface area contributed by atoms with Gasteiger partial charge in [0.2, 0.25) is 10.0 Å². The van der Waals surface area contributed by atoms with Crippen LogP contribution in [0, 0.1) is 6.92 Å². The Morgan fingerprint density at radius 3 is 2.62 bits per heavy atom. The van der Waals surface area contributed by atoms with Gasteiger partial charge in [-0.3, -0.25) is 0 Å². The van der Waals surface area contributed by atoms with Gasteiger partial charge in [-0.25, -0.2) is 13.1 Å². The van der Waals surface area contributed by atoms with Crippen LogP contribution >= 0.6 is 11.6 Å². The minimum absolute atomic E-state index is 0.126. The number of nitrogen functional groups attached to an aromatic ring is 1. The number of aryl methyl sites for hydroxylation is 1. The summed E-state index contributed by atoms with van der Waals surface area (Å²) in [5.41, 5.74) is 6.60. The van der Waals surface area contributed by atoms with Crippen LogP contribution in [0.1, 0.15) is 5.56 Å². The molecule has 120 valence electrons. The number of sulfonamides is 1. The summed E-state index contributed by atoms with van der Waals surface area (Å²) in [6.07, 6.45) is 0. The molecule has 0 aliphatic heterocycles. The third-order valence-corrected chi connectivity index (χ3v) is 4.99. The monoisotopic (exact) mass is 335 g/mol. The number of hydrogen-bond donors (Lipinski definition) is 2. The molecule has 0 radical (unpaired) electrons. The minimum Gasteiger partial charge on any atom is -0.397 e. The van der Waals surface area contributed by atoms with Crippen molar-refractivity contribution < 1.29 is 13.2 Å². The number of methoxy groups -OCH3 is 1. The van der Waals surface area contributed by atoms with Crippen LogP contribution in [0.4, 0.5) is 5.69 Å². The predicted molar refractivity (Wildman–Crippen MR) is 85.2 cm³/mol. The van der Waals surface area contributed by atoms with Gasteiger partial charge in [-0.2, -0.15) is 0 Å². The molecule has 0 bridgehead atoms. The largest absolute Gasteiger partial charge is 0.397 e. The first kappa shape index (κ1) is 18.2. The molecule has 0 fully saturated rings. The molecule has 0 unspecified atom stereocenters. The van der Waals surface area contributed by atoms with Crippen molar-refractivity contribution in [3.05, 3.63) is 22.7 Å². The maximum absolute atomic E-state index is 12.2. The van der Waals surface area contributed by atoms with Crippen LogP contribution in [0.5, 0.6) is 0 Å². The van der Waals surface area contributed by atoms with E-state index in [2.05, 4.69) is 4.72 Å². The molecular formula is C13H22ClN3O3S. The number of nitrogens with one attached hydrogen (secondary N) is 1. The molecule has 21 heavy (non-hydrogen) atoms. The van der Waals surface area contributed by atoms with E-state index in [0.717, 1.165) is 6.54 Å². The maximum Gasteiger partial charge on any atom is 0.240 e. The number of hydrogen-bond acceptors (Lipinski definition) is 5. The van der Waals surface area contributed by atoms with Gasteiger partial charge >= 0.3 is 0 Å². The van der Waals surface area contributed by atoms with Crippen molar-refractivity contribution in [2.45, 2.75) is 11.8 Å². The number of rotatable bonds is 8. The second-order valence-electron chi connectivity index (χ2n) is 4.84. The van der Waals surface area contributed by atoms with Crippen molar-refractivity contribution in [3.8, 4) is 0 Å². The van der Waals surface area contributed by atoms with Gasteiger partial charge in [0.25, 0.3) is 0 Å². The standard InChI is InChI=1S/C13H22ClN3O3S/c1-10-8-11(9-12(15)13(10)14)21(18,19)16-4-5-17(2)6-7-20-3/h8-9,16H,4-7,15H2,1-3H3. The van der Waals surface area contributed by atoms with Gasteiger partial charge in [-0.05, 0) is 31.7 Å². The van der Waals surface area contributed by atoms with E-state index in [0.29, 0.717) is 30.3 Å². The van der Waals surface area contributed by atoms with E-state index in [1.807, 2.05) is 11.9 Å². The van der Waals surface area contributed by atoms with E-state index in [-0.39, 0.29) is 10.6 Å². The Morgan fingerprint density at radius 1 is 1.38 bits per heavy atom. The highest BCUT2D eigenvalue weighted by atomic mass is 35.5. The Balaban J connectivity index is 2.66. The van der Waals surface area contributed by atoms with Crippen molar-refractivity contribution in [2.75, 3.05) is 46.1 Å². The highest BCUT2D eigenvalue weighted by Crippen LogP contribution is 2.26. The van der Waals surface area contributed by atoms with E-state index in [9.17, 15) is 8.42 Å². The fourth-order valence-corrected chi connectivity index (χ4v) is 2.98. The topological polar surface area (TPSA) is 84.7 Å². The van der Waals surface area contributed by atoms with Gasteiger partial charge in [0.05, 0.1) is 22.2 Å². The highest BCUT2D eigenvalue weighted by molar-refractivity contribution is 7.89. The number of likely N-dealkylation sites (N-methyl/N-ethyl adjacent to an activating group) is 1. The zero-order valence-electron chi connectivity index (χ0n) is 12.5. The Morgan fingerprint density at radius 2 is 2.05 bits per heavy atom. The van der Waals surface area contributed by atoms with Crippen molar-refractivity contribution in [3.63, 3.8) is 0 Å². The molecule has 0 aliphatic rings. The van der Waals surface area contributed by atoms with E-state index in [4.69, 9.17) is 22.1 Å². The van der Waals surface area contributed by atoms with Gasteiger partial charge in [-0.1, -0.05) is 11.6 Å². The van der Waals surface area contributed by atoms with E-state index in [1.54, 1.807) is 14.0 Å². The van der Waals surface area contributed by atoms with E-state index >= 15 is 0 Å². The predicted octanol–water partition coefficient (Wildman–Crippen LogP) is 1.09. The normalized spacial score (nSPS) is 12.0. The first-order valence-electron chi connectivity index (χ1n) is 6.50. The number of halogens is 1. The van der Waals surface area contributed by atoms with Crippen LogP contribution in [-0.2, 0) is 14.8 Å². The molecule has 0 saturated heterocycles. The number of nitrogens with two attached hydrogens (primary N) is 1. The zero-order chi connectivity index (χ0) is 16.0. The first-order chi connectivity index (χ1) is 9.77. The van der Waals surface area contributed by atoms with Crippen molar-refractivity contribution in [1.29, 1.82) is 0 Å². The molecule has 1 aromatic rings. The quantitative estimate of drug-likeness (QED) is 0.695. The van der Waals surface area contributed by atoms with E-state index in [1.165, 1.54) is 12.1 Å². The van der Waals surface area contributed by atoms with Crippen molar-refractivity contribution in [2.24, 2.45) is 0 Å². The fraction of sp³-hybridized carbons (Fsp3) is 0.538. The summed E-state index contributed by atoms with van der Waals surface area (Å²) in [6, 6.07) is 2.88. The Bertz CT molecular complexity index is 555. The van der Waals surface area contributed by atoms with Gasteiger partial charge in [0.15, 0.2) is 0 Å². The second-order valence-corrected chi connectivity index (χ2v) is 6.98. The lowest BCUT2D eigenvalue weighted by Gasteiger charge is -2.16. The number of nitrogens with zero attached hydrogens (tertiary/aromatic N) is 1. The smallest absolute Gasteiger partial charge is 0.240 e. The summed E-state index contributed by atoms with van der Waals surface area (Å²) < 4.78 is 31.9. The van der Waals surface area contributed by atoms with Crippen LogP contribution in [0.2, 0.25) is 5.02 Å². The average molecular weight is 336 g/mol. The van der Waals surface area contributed by atoms with Crippen LogP contribution in [-0.4, -0.2) is 53.7 Å². The third kappa shape index (κ3) is 5.44. The fourth-order valence-electron chi connectivity index (χ4n) is 1.73. The summed E-state index contributed by atoms with van der Waals surface area (Å²) >= 11 is 5.94. The second kappa shape index (κ2) is 7.95. The van der Waals surface area contributed by atoms with Crippen molar-refractivity contribution >= 4 is 27.3 Å². The third-order valence-electron chi connectivity index (χ3n) is 3.03. The molecule has 0 saturated carbocycles. The molecule has 8 heteroatoms. The lowest BCUT2D eigenvalue weighted by Crippen LogP contribution is -2.34. The molecule has 3 N–H and O–H groups in total. The molecule has 6 nitrogen and oxygen atoms in total. The summed E-state index contributed by atoms with van der Waals surface area (Å²) in [5.74, 6) is 0. The van der Waals surface area contributed by atoms with Gasteiger partial charge in [0.1, 0.15) is 0 Å². The number of anilines is 1. The molecule has 0 heterocycles. The average Bonchev–Trinajstić information content (AvgIpc) is 2.41.